The number of hydrogen-bond acceptors (Lipinski definition) is 1. The monoisotopic (exact) mass is 209 g/mol. The van der Waals surface area contributed by atoms with Gasteiger partial charge in [0.05, 0.1) is 0 Å². The van der Waals surface area contributed by atoms with E-state index in [1.807, 2.05) is 0 Å². The van der Waals surface area contributed by atoms with Crippen molar-refractivity contribution in [2.75, 3.05) is 6.54 Å². The SMILES string of the molecule is CC(C)(C)CN=C1CC(C)(C)C(C)(C)C1. The van der Waals surface area contributed by atoms with Crippen LogP contribution in [-0.4, -0.2) is 12.3 Å². The average molecular weight is 209 g/mol. The van der Waals surface area contributed by atoms with Gasteiger partial charge in [-0.3, -0.25) is 4.99 Å². The summed E-state index contributed by atoms with van der Waals surface area (Å²) in [7, 11) is 0. The van der Waals surface area contributed by atoms with Crippen molar-refractivity contribution in [1.29, 1.82) is 0 Å². The van der Waals surface area contributed by atoms with E-state index in [-0.39, 0.29) is 0 Å². The van der Waals surface area contributed by atoms with E-state index in [0.29, 0.717) is 16.2 Å². The molecule has 0 aromatic rings. The first-order valence-corrected chi connectivity index (χ1v) is 6.06. The maximum Gasteiger partial charge on any atom is 0.0437 e. The van der Waals surface area contributed by atoms with Crippen molar-refractivity contribution in [3.63, 3.8) is 0 Å². The smallest absolute Gasteiger partial charge is 0.0437 e. The van der Waals surface area contributed by atoms with Crippen LogP contribution in [0, 0.1) is 16.2 Å². The Labute approximate surface area is 95.4 Å². The fourth-order valence-corrected chi connectivity index (χ4v) is 2.02. The van der Waals surface area contributed by atoms with Crippen molar-refractivity contribution in [3.05, 3.63) is 0 Å². The van der Waals surface area contributed by atoms with Crippen molar-refractivity contribution in [2.45, 2.75) is 61.3 Å². The molecule has 1 fully saturated rings. The summed E-state index contributed by atoms with van der Waals surface area (Å²) in [5, 5.41) is 0. The summed E-state index contributed by atoms with van der Waals surface area (Å²) in [5.41, 5.74) is 2.57. The molecule has 1 heteroatoms. The molecule has 1 saturated carbocycles. The molecule has 0 amide bonds. The van der Waals surface area contributed by atoms with Crippen LogP contribution in [0.2, 0.25) is 0 Å². The van der Waals surface area contributed by atoms with E-state index in [2.05, 4.69) is 48.5 Å². The molecule has 0 bridgehead atoms. The molecule has 88 valence electrons. The van der Waals surface area contributed by atoms with E-state index in [0.717, 1.165) is 6.54 Å². The Morgan fingerprint density at radius 2 is 1.40 bits per heavy atom. The summed E-state index contributed by atoms with van der Waals surface area (Å²) >= 11 is 0. The molecule has 1 aliphatic carbocycles. The fourth-order valence-electron chi connectivity index (χ4n) is 2.02. The second kappa shape index (κ2) is 3.61. The van der Waals surface area contributed by atoms with Gasteiger partial charge in [-0.2, -0.15) is 0 Å². The maximum absolute atomic E-state index is 4.80. The highest BCUT2D eigenvalue weighted by Crippen LogP contribution is 2.50. The molecule has 0 spiro atoms. The van der Waals surface area contributed by atoms with E-state index < -0.39 is 0 Å². The van der Waals surface area contributed by atoms with E-state index >= 15 is 0 Å². The molecular formula is C14H27N. The largest absolute Gasteiger partial charge is 0.294 e. The second-order valence-corrected chi connectivity index (χ2v) is 7.56. The number of rotatable bonds is 1. The molecule has 0 N–H and O–H groups in total. The third-order valence-corrected chi connectivity index (χ3v) is 3.90. The van der Waals surface area contributed by atoms with Gasteiger partial charge in [-0.05, 0) is 29.1 Å². The van der Waals surface area contributed by atoms with Crippen LogP contribution < -0.4 is 0 Å². The first-order chi connectivity index (χ1) is 6.54. The quantitative estimate of drug-likeness (QED) is 0.610. The van der Waals surface area contributed by atoms with Crippen molar-refractivity contribution < 1.29 is 0 Å². The van der Waals surface area contributed by atoms with Crippen molar-refractivity contribution in [2.24, 2.45) is 21.2 Å². The first kappa shape index (κ1) is 12.7. The highest BCUT2D eigenvalue weighted by molar-refractivity contribution is 5.88. The third kappa shape index (κ3) is 3.06. The van der Waals surface area contributed by atoms with Crippen LogP contribution in [0.5, 0.6) is 0 Å². The molecule has 1 rings (SSSR count). The number of nitrogens with zero attached hydrogens (tertiary/aromatic N) is 1. The normalized spacial score (nSPS) is 24.3. The summed E-state index contributed by atoms with van der Waals surface area (Å²) in [4.78, 5) is 4.80. The van der Waals surface area contributed by atoms with Gasteiger partial charge < -0.3 is 0 Å². The van der Waals surface area contributed by atoms with Crippen LogP contribution in [0.25, 0.3) is 0 Å². The molecule has 0 aromatic heterocycles. The number of hydrogen-bond donors (Lipinski definition) is 0. The topological polar surface area (TPSA) is 12.4 Å². The Balaban J connectivity index is 2.71. The average Bonchev–Trinajstić information content (AvgIpc) is 2.16. The molecule has 1 nitrogen and oxygen atoms in total. The van der Waals surface area contributed by atoms with Gasteiger partial charge in [-0.1, -0.05) is 48.5 Å². The van der Waals surface area contributed by atoms with Gasteiger partial charge in [0.1, 0.15) is 0 Å². The molecule has 0 aromatic carbocycles. The standard InChI is InChI=1S/C14H27N/c1-12(2,3)10-15-11-8-13(4,5)14(6,7)9-11/h8-10H2,1-7H3. The lowest BCUT2D eigenvalue weighted by Crippen LogP contribution is -2.25. The lowest BCUT2D eigenvalue weighted by atomic mass is 9.71. The molecule has 0 aliphatic heterocycles. The minimum absolute atomic E-state index is 0.323. The van der Waals surface area contributed by atoms with Gasteiger partial charge in [0.2, 0.25) is 0 Å². The molecule has 0 heterocycles. The van der Waals surface area contributed by atoms with Gasteiger partial charge in [0.25, 0.3) is 0 Å². The first-order valence-electron chi connectivity index (χ1n) is 6.06. The Morgan fingerprint density at radius 1 is 1.00 bits per heavy atom. The zero-order chi connectivity index (χ0) is 11.9. The van der Waals surface area contributed by atoms with Gasteiger partial charge >= 0.3 is 0 Å². The summed E-state index contributed by atoms with van der Waals surface area (Å²) < 4.78 is 0. The summed E-state index contributed by atoms with van der Waals surface area (Å²) in [6.45, 7) is 17.2. The highest BCUT2D eigenvalue weighted by atomic mass is 14.8. The predicted molar refractivity (Wildman–Crippen MR) is 68.6 cm³/mol. The minimum Gasteiger partial charge on any atom is -0.294 e. The van der Waals surface area contributed by atoms with Gasteiger partial charge in [-0.25, -0.2) is 0 Å². The van der Waals surface area contributed by atoms with Crippen LogP contribution in [0.4, 0.5) is 0 Å². The Bertz CT molecular complexity index is 246. The molecule has 15 heavy (non-hydrogen) atoms. The Hall–Kier alpha value is -0.330. The van der Waals surface area contributed by atoms with Crippen LogP contribution in [0.15, 0.2) is 4.99 Å². The van der Waals surface area contributed by atoms with Crippen molar-refractivity contribution in [3.8, 4) is 0 Å². The zero-order valence-electron chi connectivity index (χ0n) is 11.6. The molecule has 0 saturated heterocycles. The Kier molecular flexibility index (Phi) is 3.06. The van der Waals surface area contributed by atoms with Crippen molar-refractivity contribution in [1.82, 2.24) is 0 Å². The number of aliphatic imine (C=N–C) groups is 1. The maximum atomic E-state index is 4.80. The van der Waals surface area contributed by atoms with E-state index in [4.69, 9.17) is 4.99 Å². The van der Waals surface area contributed by atoms with Crippen LogP contribution in [0.3, 0.4) is 0 Å². The minimum atomic E-state index is 0.323. The second-order valence-electron chi connectivity index (χ2n) is 7.56. The zero-order valence-corrected chi connectivity index (χ0v) is 11.6. The predicted octanol–water partition coefficient (Wildman–Crippen LogP) is 4.32. The lowest BCUT2D eigenvalue weighted by molar-refractivity contribution is 0.157. The summed E-state index contributed by atoms with van der Waals surface area (Å²) in [5.74, 6) is 0. The molecule has 0 unspecified atom stereocenters. The Morgan fingerprint density at radius 3 is 1.73 bits per heavy atom. The molecule has 1 aliphatic rings. The molecule has 0 atom stereocenters. The van der Waals surface area contributed by atoms with Gasteiger partial charge in [0.15, 0.2) is 0 Å². The highest BCUT2D eigenvalue weighted by Gasteiger charge is 2.44. The van der Waals surface area contributed by atoms with E-state index in [1.165, 1.54) is 18.6 Å². The van der Waals surface area contributed by atoms with Crippen molar-refractivity contribution >= 4 is 5.71 Å². The van der Waals surface area contributed by atoms with Crippen LogP contribution >= 0.6 is 0 Å². The van der Waals surface area contributed by atoms with E-state index in [9.17, 15) is 0 Å². The molecule has 0 radical (unpaired) electrons. The van der Waals surface area contributed by atoms with Crippen LogP contribution in [-0.2, 0) is 0 Å². The van der Waals surface area contributed by atoms with Crippen LogP contribution in [0.1, 0.15) is 61.3 Å². The fraction of sp³-hybridized carbons (Fsp3) is 0.929. The summed E-state index contributed by atoms with van der Waals surface area (Å²) in [6.07, 6.45) is 2.35. The third-order valence-electron chi connectivity index (χ3n) is 3.90. The molecular weight excluding hydrogens is 182 g/mol. The lowest BCUT2D eigenvalue weighted by Gasteiger charge is -2.33. The van der Waals surface area contributed by atoms with Gasteiger partial charge in [-0.15, -0.1) is 0 Å². The van der Waals surface area contributed by atoms with E-state index in [1.54, 1.807) is 0 Å². The summed E-state index contributed by atoms with van der Waals surface area (Å²) in [6, 6.07) is 0. The van der Waals surface area contributed by atoms with Gasteiger partial charge in [0, 0.05) is 12.3 Å².